The van der Waals surface area contributed by atoms with Crippen LogP contribution >= 0.6 is 0 Å². The molecule has 0 amide bonds. The topological polar surface area (TPSA) is 63.6 Å². The number of aliphatic carboxylic acids is 1. The molecule has 1 atom stereocenters. The highest BCUT2D eigenvalue weighted by atomic mass is 16.5. The van der Waals surface area contributed by atoms with Gasteiger partial charge < -0.3 is 9.84 Å². The Bertz CT molecular complexity index is 417. The predicted octanol–water partition coefficient (Wildman–Crippen LogP) is 7.60. The average Bonchev–Trinajstić information content (AvgIpc) is 2.68. The van der Waals surface area contributed by atoms with Gasteiger partial charge >= 0.3 is 11.9 Å². The number of hydrogen-bond donors (Lipinski definition) is 1. The molecule has 0 aliphatic carbocycles. The highest BCUT2D eigenvalue weighted by Crippen LogP contribution is 2.14. The van der Waals surface area contributed by atoms with E-state index in [1.54, 1.807) is 0 Å². The summed E-state index contributed by atoms with van der Waals surface area (Å²) < 4.78 is 5.42. The van der Waals surface area contributed by atoms with E-state index in [1.807, 2.05) is 0 Å². The zero-order valence-electron chi connectivity index (χ0n) is 19.1. The quantitative estimate of drug-likeness (QED) is 0.120. The van der Waals surface area contributed by atoms with Crippen molar-refractivity contribution in [2.24, 2.45) is 0 Å². The lowest BCUT2D eigenvalue weighted by Crippen LogP contribution is -2.21. The van der Waals surface area contributed by atoms with Crippen LogP contribution in [-0.2, 0) is 14.3 Å². The number of esters is 1. The van der Waals surface area contributed by atoms with Crippen molar-refractivity contribution in [1.29, 1.82) is 0 Å². The fourth-order valence-electron chi connectivity index (χ4n) is 3.43. The third-order valence-electron chi connectivity index (χ3n) is 5.22. The minimum Gasteiger partial charge on any atom is -0.481 e. The molecular formula is C25H46O4. The number of carbonyl (C=O) groups is 2. The Morgan fingerprint density at radius 1 is 0.759 bits per heavy atom. The lowest BCUT2D eigenvalue weighted by Gasteiger charge is -2.16. The van der Waals surface area contributed by atoms with E-state index in [4.69, 9.17) is 9.84 Å². The maximum atomic E-state index is 12.0. The molecule has 0 rings (SSSR count). The van der Waals surface area contributed by atoms with E-state index in [0.717, 1.165) is 51.4 Å². The standard InChI is InChI=1S/C25H46O4/c1-3-5-7-9-10-11-12-13-14-15-16-17-19-21-25(28)29-23(22-24(26)27)20-18-8-6-4-2/h11-12,23H,3-10,13-22H2,1-2H3,(H,26,27)/b12-11-. The molecule has 4 nitrogen and oxygen atoms in total. The zero-order valence-corrected chi connectivity index (χ0v) is 19.1. The van der Waals surface area contributed by atoms with Gasteiger partial charge in [-0.25, -0.2) is 0 Å². The number of hydrogen-bond acceptors (Lipinski definition) is 3. The summed E-state index contributed by atoms with van der Waals surface area (Å²) in [4.78, 5) is 23.0. The van der Waals surface area contributed by atoms with E-state index in [-0.39, 0.29) is 12.4 Å². The van der Waals surface area contributed by atoms with Crippen LogP contribution in [0.1, 0.15) is 129 Å². The summed E-state index contributed by atoms with van der Waals surface area (Å²) in [5, 5.41) is 9.00. The Hall–Kier alpha value is -1.32. The van der Waals surface area contributed by atoms with E-state index in [1.165, 1.54) is 44.9 Å². The van der Waals surface area contributed by atoms with Gasteiger partial charge in [0.05, 0.1) is 6.42 Å². The predicted molar refractivity (Wildman–Crippen MR) is 121 cm³/mol. The maximum absolute atomic E-state index is 12.0. The van der Waals surface area contributed by atoms with Crippen LogP contribution in [0.2, 0.25) is 0 Å². The van der Waals surface area contributed by atoms with E-state index < -0.39 is 12.1 Å². The molecule has 0 spiro atoms. The molecule has 0 radical (unpaired) electrons. The van der Waals surface area contributed by atoms with Crippen molar-refractivity contribution in [3.8, 4) is 0 Å². The second-order valence-corrected chi connectivity index (χ2v) is 8.19. The van der Waals surface area contributed by atoms with Crippen molar-refractivity contribution in [1.82, 2.24) is 0 Å². The molecule has 4 heteroatoms. The van der Waals surface area contributed by atoms with Gasteiger partial charge in [-0.05, 0) is 44.9 Å². The number of allylic oxidation sites excluding steroid dienone is 2. The molecule has 1 N–H and O–H groups in total. The summed E-state index contributed by atoms with van der Waals surface area (Å²) in [5.41, 5.74) is 0. The molecule has 0 saturated carbocycles. The van der Waals surface area contributed by atoms with Crippen LogP contribution in [0.4, 0.5) is 0 Å². The lowest BCUT2D eigenvalue weighted by molar-refractivity contribution is -0.153. The second kappa shape index (κ2) is 21.4. The third-order valence-corrected chi connectivity index (χ3v) is 5.22. The van der Waals surface area contributed by atoms with E-state index in [0.29, 0.717) is 12.8 Å². The minimum absolute atomic E-state index is 0.0794. The Balaban J connectivity index is 3.67. The Labute approximate surface area is 179 Å². The number of carbonyl (C=O) groups excluding carboxylic acids is 1. The SMILES string of the molecule is CCCCCC/C=C\CCCCCCCC(=O)OC(CCCCCC)CC(=O)O. The number of rotatable bonds is 21. The number of carboxylic acid groups (broad SMARTS) is 1. The normalized spacial score (nSPS) is 12.3. The molecule has 0 heterocycles. The fraction of sp³-hybridized carbons (Fsp3) is 0.840. The maximum Gasteiger partial charge on any atom is 0.307 e. The molecule has 29 heavy (non-hydrogen) atoms. The first-order valence-electron chi connectivity index (χ1n) is 12.2. The van der Waals surface area contributed by atoms with E-state index in [2.05, 4.69) is 26.0 Å². The van der Waals surface area contributed by atoms with Gasteiger partial charge in [0.15, 0.2) is 0 Å². The molecule has 0 aliphatic heterocycles. The van der Waals surface area contributed by atoms with Crippen molar-refractivity contribution < 1.29 is 19.4 Å². The molecule has 1 unspecified atom stereocenters. The number of unbranched alkanes of at least 4 members (excludes halogenated alkanes) is 12. The fourth-order valence-corrected chi connectivity index (χ4v) is 3.43. The molecule has 0 aromatic rings. The van der Waals surface area contributed by atoms with Gasteiger partial charge in [-0.15, -0.1) is 0 Å². The molecular weight excluding hydrogens is 364 g/mol. The van der Waals surface area contributed by atoms with E-state index >= 15 is 0 Å². The van der Waals surface area contributed by atoms with Crippen LogP contribution in [0.5, 0.6) is 0 Å². The molecule has 0 saturated heterocycles. The van der Waals surface area contributed by atoms with Crippen LogP contribution in [0.25, 0.3) is 0 Å². The Morgan fingerprint density at radius 2 is 1.28 bits per heavy atom. The molecule has 0 aromatic heterocycles. The largest absolute Gasteiger partial charge is 0.481 e. The van der Waals surface area contributed by atoms with Crippen molar-refractivity contribution in [2.75, 3.05) is 0 Å². The average molecular weight is 411 g/mol. The highest BCUT2D eigenvalue weighted by molar-refractivity contribution is 5.71. The van der Waals surface area contributed by atoms with Gasteiger partial charge in [0, 0.05) is 6.42 Å². The summed E-state index contributed by atoms with van der Waals surface area (Å²) in [6.07, 6.45) is 22.5. The van der Waals surface area contributed by atoms with Crippen LogP contribution in [0, 0.1) is 0 Å². The van der Waals surface area contributed by atoms with Crippen LogP contribution in [0.3, 0.4) is 0 Å². The number of carboxylic acids is 1. The minimum atomic E-state index is -0.895. The number of ether oxygens (including phenoxy) is 1. The smallest absolute Gasteiger partial charge is 0.307 e. The molecule has 170 valence electrons. The highest BCUT2D eigenvalue weighted by Gasteiger charge is 2.17. The van der Waals surface area contributed by atoms with Crippen LogP contribution in [0.15, 0.2) is 12.2 Å². The first-order valence-corrected chi connectivity index (χ1v) is 12.2. The monoisotopic (exact) mass is 410 g/mol. The van der Waals surface area contributed by atoms with E-state index in [9.17, 15) is 9.59 Å². The molecule has 0 fully saturated rings. The zero-order chi connectivity index (χ0) is 21.6. The van der Waals surface area contributed by atoms with Gasteiger partial charge in [0.2, 0.25) is 0 Å². The molecule has 0 aliphatic rings. The summed E-state index contributed by atoms with van der Waals surface area (Å²) in [7, 11) is 0. The summed E-state index contributed by atoms with van der Waals surface area (Å²) in [5.74, 6) is -1.13. The summed E-state index contributed by atoms with van der Waals surface area (Å²) in [6, 6.07) is 0. The molecule has 0 bridgehead atoms. The van der Waals surface area contributed by atoms with Gasteiger partial charge in [-0.2, -0.15) is 0 Å². The van der Waals surface area contributed by atoms with Crippen LogP contribution < -0.4 is 0 Å². The Kier molecular flexibility index (Phi) is 20.4. The summed E-state index contributed by atoms with van der Waals surface area (Å²) >= 11 is 0. The molecule has 0 aromatic carbocycles. The Morgan fingerprint density at radius 3 is 1.86 bits per heavy atom. The van der Waals surface area contributed by atoms with Crippen molar-refractivity contribution in [3.63, 3.8) is 0 Å². The van der Waals surface area contributed by atoms with Crippen LogP contribution in [-0.4, -0.2) is 23.1 Å². The van der Waals surface area contributed by atoms with Gasteiger partial charge in [-0.1, -0.05) is 83.8 Å². The first-order chi connectivity index (χ1) is 14.1. The third kappa shape index (κ3) is 21.2. The first kappa shape index (κ1) is 27.7. The van der Waals surface area contributed by atoms with Gasteiger partial charge in [0.25, 0.3) is 0 Å². The van der Waals surface area contributed by atoms with Gasteiger partial charge in [0.1, 0.15) is 6.10 Å². The van der Waals surface area contributed by atoms with Crippen molar-refractivity contribution in [3.05, 3.63) is 12.2 Å². The van der Waals surface area contributed by atoms with Crippen molar-refractivity contribution >= 4 is 11.9 Å². The lowest BCUT2D eigenvalue weighted by atomic mass is 10.1. The summed E-state index contributed by atoms with van der Waals surface area (Å²) in [6.45, 7) is 4.38. The van der Waals surface area contributed by atoms with Crippen molar-refractivity contribution in [2.45, 2.75) is 136 Å². The second-order valence-electron chi connectivity index (χ2n) is 8.19. The van der Waals surface area contributed by atoms with Gasteiger partial charge in [-0.3, -0.25) is 9.59 Å².